The molecular formula is C16H24Cl2SiZr. The summed E-state index contributed by atoms with van der Waals surface area (Å²) < 4.78 is 3.70. The van der Waals surface area contributed by atoms with Gasteiger partial charge in [0.2, 0.25) is 0 Å². The van der Waals surface area contributed by atoms with Crippen LogP contribution in [0.4, 0.5) is 0 Å². The summed E-state index contributed by atoms with van der Waals surface area (Å²) in [6.45, 7) is 12.1. The van der Waals surface area contributed by atoms with E-state index in [9.17, 15) is 0 Å². The van der Waals surface area contributed by atoms with Gasteiger partial charge in [-0.3, -0.25) is 0 Å². The Morgan fingerprint density at radius 1 is 1.05 bits per heavy atom. The molecule has 2 rings (SSSR count). The van der Waals surface area contributed by atoms with E-state index in [0.717, 1.165) is 0 Å². The van der Waals surface area contributed by atoms with Crippen LogP contribution in [0, 0.1) is 5.41 Å². The Hall–Kier alpha value is 0.640. The molecule has 0 N–H and O–H groups in total. The summed E-state index contributed by atoms with van der Waals surface area (Å²) in [5, 5.41) is 0. The molecule has 0 aliphatic heterocycles. The van der Waals surface area contributed by atoms with E-state index < -0.39 is 20.4 Å². The van der Waals surface area contributed by atoms with E-state index in [1.165, 1.54) is 12.8 Å². The molecule has 0 unspecified atom stereocenters. The van der Waals surface area contributed by atoms with Gasteiger partial charge < -0.3 is 24.8 Å². The van der Waals surface area contributed by atoms with Crippen LogP contribution in [0.3, 0.4) is 0 Å². The van der Waals surface area contributed by atoms with Crippen molar-refractivity contribution in [3.8, 4) is 0 Å². The molecule has 0 atom stereocenters. The van der Waals surface area contributed by atoms with E-state index in [1.807, 2.05) is 6.56 Å². The minimum absolute atomic E-state index is 0. The number of hydrogen-bond donors (Lipinski definition) is 0. The van der Waals surface area contributed by atoms with Crippen LogP contribution in [0.2, 0.25) is 13.1 Å². The van der Waals surface area contributed by atoms with Gasteiger partial charge in [-0.05, 0) is 0 Å². The van der Waals surface area contributed by atoms with E-state index in [-0.39, 0.29) is 30.2 Å². The van der Waals surface area contributed by atoms with Crippen LogP contribution in [0.5, 0.6) is 0 Å². The average Bonchev–Trinajstić information content (AvgIpc) is 2.86. The van der Waals surface area contributed by atoms with Gasteiger partial charge in [0.15, 0.2) is 0 Å². The van der Waals surface area contributed by atoms with E-state index in [0.29, 0.717) is 5.41 Å². The average molecular weight is 407 g/mol. The third-order valence-electron chi connectivity index (χ3n) is 3.65. The molecule has 4 heteroatoms. The quantitative estimate of drug-likeness (QED) is 0.515. The Bertz CT molecular complexity index is 513. The summed E-state index contributed by atoms with van der Waals surface area (Å²) in [7, 11) is 0. The van der Waals surface area contributed by atoms with Gasteiger partial charge in [-0.1, -0.05) is 0 Å². The molecule has 0 radical (unpaired) electrons. The molecule has 0 nitrogen and oxygen atoms in total. The predicted molar refractivity (Wildman–Crippen MR) is 79.6 cm³/mol. The largest absolute Gasteiger partial charge is 1.00 e. The second kappa shape index (κ2) is 8.32. The normalized spacial score (nSPS) is 16.3. The molecule has 0 bridgehead atoms. The first-order valence-corrected chi connectivity index (χ1v) is 15.5. The monoisotopic (exact) mass is 404 g/mol. The third-order valence-corrected chi connectivity index (χ3v) is 20.7. The van der Waals surface area contributed by atoms with E-state index in [2.05, 4.69) is 64.2 Å². The first-order chi connectivity index (χ1) is 8.39. The minimum Gasteiger partial charge on any atom is -1.00 e. The Labute approximate surface area is 144 Å². The van der Waals surface area contributed by atoms with Crippen molar-refractivity contribution in [3.05, 3.63) is 42.5 Å². The molecule has 0 aromatic heterocycles. The van der Waals surface area contributed by atoms with Gasteiger partial charge in [0, 0.05) is 0 Å². The summed E-state index contributed by atoms with van der Waals surface area (Å²) >= 11 is -1.46. The van der Waals surface area contributed by atoms with Gasteiger partial charge in [0.05, 0.1) is 0 Å². The van der Waals surface area contributed by atoms with Gasteiger partial charge in [0.25, 0.3) is 0 Å². The number of hydrogen-bond acceptors (Lipinski definition) is 0. The summed E-state index contributed by atoms with van der Waals surface area (Å²) in [6, 6.07) is 0. The van der Waals surface area contributed by atoms with Crippen molar-refractivity contribution in [1.82, 2.24) is 0 Å². The SMILES string of the molecule is C[Si](C)=[Zr+2]([C]1=CC=CC1)[C]1=CC(C(C)(C)C)=CC1.[Cl-].[Cl-]. The van der Waals surface area contributed by atoms with Crippen LogP contribution in [0.15, 0.2) is 42.5 Å². The molecule has 0 aromatic rings. The second-order valence-corrected chi connectivity index (χ2v) is 23.8. The molecular weight excluding hydrogens is 382 g/mol. The van der Waals surface area contributed by atoms with Gasteiger partial charge in [-0.15, -0.1) is 0 Å². The zero-order chi connectivity index (χ0) is 13.3. The maximum atomic E-state index is 2.58. The van der Waals surface area contributed by atoms with Gasteiger partial charge in [0.1, 0.15) is 0 Å². The van der Waals surface area contributed by atoms with E-state index in [4.69, 9.17) is 0 Å². The van der Waals surface area contributed by atoms with Crippen LogP contribution >= 0.6 is 0 Å². The van der Waals surface area contributed by atoms with Gasteiger partial charge in [-0.25, -0.2) is 0 Å². The van der Waals surface area contributed by atoms with Crippen molar-refractivity contribution >= 4 is 5.43 Å². The molecule has 0 spiro atoms. The molecule has 110 valence electrons. The summed E-state index contributed by atoms with van der Waals surface area (Å²) in [5.74, 6) is 0. The molecule has 20 heavy (non-hydrogen) atoms. The van der Waals surface area contributed by atoms with Crippen molar-refractivity contribution in [2.75, 3.05) is 0 Å². The molecule has 2 aliphatic rings. The first kappa shape index (κ1) is 20.6. The molecule has 2 aliphatic carbocycles. The summed E-state index contributed by atoms with van der Waals surface area (Å²) in [6.07, 6.45) is 14.6. The fraction of sp³-hybridized carbons (Fsp3) is 0.500. The van der Waals surface area contributed by atoms with E-state index >= 15 is 0 Å². The zero-order valence-electron chi connectivity index (χ0n) is 13.1. The molecule has 0 fully saturated rings. The smallest absolute Gasteiger partial charge is 1.00 e. The maximum Gasteiger partial charge on any atom is -1.00 e. The zero-order valence-corrected chi connectivity index (χ0v) is 18.0. The maximum absolute atomic E-state index is 2.58. The van der Waals surface area contributed by atoms with Crippen molar-refractivity contribution in [1.29, 1.82) is 0 Å². The summed E-state index contributed by atoms with van der Waals surface area (Å²) in [4.78, 5) is 0. The molecule has 0 aromatic carbocycles. The molecule has 0 heterocycles. The minimum atomic E-state index is -1.46. The van der Waals surface area contributed by atoms with Crippen molar-refractivity contribution in [3.63, 3.8) is 0 Å². The van der Waals surface area contributed by atoms with Gasteiger partial charge >= 0.3 is 120 Å². The van der Waals surface area contributed by atoms with Crippen LogP contribution in [0.25, 0.3) is 0 Å². The second-order valence-electron chi connectivity index (χ2n) is 6.48. The van der Waals surface area contributed by atoms with Crippen molar-refractivity contribution in [2.24, 2.45) is 5.41 Å². The van der Waals surface area contributed by atoms with Crippen LogP contribution in [-0.2, 0) is 20.4 Å². The number of rotatable bonds is 2. The Kier molecular flexibility index (Phi) is 8.59. The fourth-order valence-corrected chi connectivity index (χ4v) is 19.5. The molecule has 0 saturated carbocycles. The standard InChI is InChI=1S/C9H13.C5H5.C2H6Si.2ClH.Zr/c1-9(2,3)8-6-4-5-7-8;1-2-4-5-3-1;1-3-2;;;/h6-7H,4H2,1-3H3;1-3H,4H2;1-2H3;2*1H;/q;;;;;+2/p-2. The topological polar surface area (TPSA) is 0 Å². The Morgan fingerprint density at radius 3 is 2.10 bits per heavy atom. The van der Waals surface area contributed by atoms with Crippen LogP contribution in [-0.4, -0.2) is 5.43 Å². The number of halogens is 2. The Balaban J connectivity index is 0.00000180. The molecule has 0 saturated heterocycles. The van der Waals surface area contributed by atoms with Crippen molar-refractivity contribution < 1.29 is 45.2 Å². The fourth-order valence-electron chi connectivity index (χ4n) is 2.70. The third kappa shape index (κ3) is 4.83. The van der Waals surface area contributed by atoms with Gasteiger partial charge in [-0.2, -0.15) is 0 Å². The number of allylic oxidation sites excluding steroid dienone is 8. The van der Waals surface area contributed by atoms with Crippen LogP contribution in [0.1, 0.15) is 33.6 Å². The Morgan fingerprint density at radius 2 is 1.70 bits per heavy atom. The van der Waals surface area contributed by atoms with Crippen molar-refractivity contribution in [2.45, 2.75) is 46.7 Å². The predicted octanol–water partition coefficient (Wildman–Crippen LogP) is -1.03. The first-order valence-electron chi connectivity index (χ1n) is 6.84. The van der Waals surface area contributed by atoms with Crippen LogP contribution < -0.4 is 24.8 Å². The summed E-state index contributed by atoms with van der Waals surface area (Å²) in [5.41, 5.74) is 1.78. The molecule has 0 amide bonds. The van der Waals surface area contributed by atoms with E-state index in [1.54, 1.807) is 5.57 Å².